The maximum absolute atomic E-state index is 11.8. The SMILES string of the molecule is Cc1csc(C(=O)NCC(C)/C(N)=N/O)c1Cl. The van der Waals surface area contributed by atoms with Crippen LogP contribution in [0.3, 0.4) is 0 Å². The van der Waals surface area contributed by atoms with E-state index in [2.05, 4.69) is 10.5 Å². The number of rotatable bonds is 4. The molecule has 1 amide bonds. The molecule has 1 aromatic heterocycles. The first-order valence-electron chi connectivity index (χ1n) is 4.96. The molecule has 94 valence electrons. The second-order valence-corrected chi connectivity index (χ2v) is 4.96. The van der Waals surface area contributed by atoms with Crippen LogP contribution < -0.4 is 11.1 Å². The summed E-state index contributed by atoms with van der Waals surface area (Å²) in [6, 6.07) is 0. The fraction of sp³-hybridized carbons (Fsp3) is 0.400. The normalized spacial score (nSPS) is 13.5. The maximum Gasteiger partial charge on any atom is 0.262 e. The van der Waals surface area contributed by atoms with Crippen molar-refractivity contribution in [3.05, 3.63) is 20.8 Å². The number of carbonyl (C=O) groups excluding carboxylic acids is 1. The first-order chi connectivity index (χ1) is 7.97. The van der Waals surface area contributed by atoms with E-state index in [1.54, 1.807) is 6.92 Å². The lowest BCUT2D eigenvalue weighted by molar-refractivity contribution is 0.0955. The van der Waals surface area contributed by atoms with Crippen LogP contribution in [0.15, 0.2) is 10.5 Å². The number of carbonyl (C=O) groups is 1. The first kappa shape index (κ1) is 13.8. The molecule has 0 aliphatic rings. The molecular weight excluding hydrogens is 262 g/mol. The molecule has 0 saturated heterocycles. The topological polar surface area (TPSA) is 87.7 Å². The van der Waals surface area contributed by atoms with Gasteiger partial charge in [-0.1, -0.05) is 23.7 Å². The summed E-state index contributed by atoms with van der Waals surface area (Å²) in [5, 5.41) is 16.3. The number of amides is 1. The Morgan fingerprint density at radius 1 is 1.76 bits per heavy atom. The molecule has 0 saturated carbocycles. The predicted octanol–water partition coefficient (Wildman–Crippen LogP) is 1.82. The lowest BCUT2D eigenvalue weighted by Crippen LogP contribution is -2.34. The van der Waals surface area contributed by atoms with E-state index < -0.39 is 0 Å². The third kappa shape index (κ3) is 3.34. The van der Waals surface area contributed by atoms with Crippen molar-refractivity contribution >= 4 is 34.7 Å². The van der Waals surface area contributed by atoms with Crippen molar-refractivity contribution in [2.24, 2.45) is 16.8 Å². The van der Waals surface area contributed by atoms with Crippen LogP contribution in [0.1, 0.15) is 22.2 Å². The van der Waals surface area contributed by atoms with Crippen molar-refractivity contribution in [3.63, 3.8) is 0 Å². The summed E-state index contributed by atoms with van der Waals surface area (Å²) in [5.41, 5.74) is 6.28. The standard InChI is InChI=1S/C10H14ClN3O2S/c1-5(9(12)14-16)3-13-10(15)8-7(11)6(2)4-17-8/h4-5,16H,3H2,1-2H3,(H2,12,14)(H,13,15). The van der Waals surface area contributed by atoms with Crippen molar-refractivity contribution in [2.45, 2.75) is 13.8 Å². The van der Waals surface area contributed by atoms with E-state index in [0.717, 1.165) is 5.56 Å². The summed E-state index contributed by atoms with van der Waals surface area (Å²) in [4.78, 5) is 12.2. The van der Waals surface area contributed by atoms with Gasteiger partial charge in [0.05, 0.1) is 5.02 Å². The highest BCUT2D eigenvalue weighted by Gasteiger charge is 2.16. The number of nitrogens with zero attached hydrogens (tertiary/aromatic N) is 1. The molecule has 0 aromatic carbocycles. The molecule has 1 rings (SSSR count). The maximum atomic E-state index is 11.8. The van der Waals surface area contributed by atoms with E-state index in [1.165, 1.54) is 11.3 Å². The molecule has 17 heavy (non-hydrogen) atoms. The second-order valence-electron chi connectivity index (χ2n) is 3.70. The number of thiophene rings is 1. The average molecular weight is 276 g/mol. The number of hydrogen-bond donors (Lipinski definition) is 3. The number of nitrogens with two attached hydrogens (primary N) is 1. The van der Waals surface area contributed by atoms with E-state index in [-0.39, 0.29) is 17.7 Å². The molecule has 5 nitrogen and oxygen atoms in total. The van der Waals surface area contributed by atoms with Crippen molar-refractivity contribution < 1.29 is 10.0 Å². The van der Waals surface area contributed by atoms with Crippen molar-refractivity contribution in [1.82, 2.24) is 5.32 Å². The van der Waals surface area contributed by atoms with Gasteiger partial charge in [0, 0.05) is 12.5 Å². The summed E-state index contributed by atoms with van der Waals surface area (Å²) in [5.74, 6) is -0.395. The summed E-state index contributed by atoms with van der Waals surface area (Å²) >= 11 is 7.27. The van der Waals surface area contributed by atoms with E-state index in [4.69, 9.17) is 22.5 Å². The number of nitrogens with one attached hydrogen (secondary N) is 1. The summed E-state index contributed by atoms with van der Waals surface area (Å²) in [6.07, 6.45) is 0. The highest BCUT2D eigenvalue weighted by atomic mass is 35.5. The summed E-state index contributed by atoms with van der Waals surface area (Å²) in [7, 11) is 0. The molecule has 1 heterocycles. The van der Waals surface area contributed by atoms with Gasteiger partial charge in [-0.15, -0.1) is 11.3 Å². The van der Waals surface area contributed by atoms with Gasteiger partial charge in [-0.25, -0.2) is 0 Å². The summed E-state index contributed by atoms with van der Waals surface area (Å²) < 4.78 is 0. The van der Waals surface area contributed by atoms with E-state index in [9.17, 15) is 4.79 Å². The molecule has 4 N–H and O–H groups in total. The van der Waals surface area contributed by atoms with Gasteiger partial charge in [0.15, 0.2) is 0 Å². The van der Waals surface area contributed by atoms with Gasteiger partial charge >= 0.3 is 0 Å². The Labute approximate surface area is 108 Å². The Morgan fingerprint density at radius 2 is 2.41 bits per heavy atom. The van der Waals surface area contributed by atoms with Gasteiger partial charge in [0.2, 0.25) is 0 Å². The van der Waals surface area contributed by atoms with E-state index in [0.29, 0.717) is 16.4 Å². The van der Waals surface area contributed by atoms with Gasteiger partial charge in [-0.2, -0.15) is 0 Å². The Morgan fingerprint density at radius 3 is 2.88 bits per heavy atom. The third-order valence-electron chi connectivity index (χ3n) is 2.29. The van der Waals surface area contributed by atoms with Gasteiger partial charge in [0.1, 0.15) is 10.7 Å². The number of halogens is 1. The Bertz CT molecular complexity index is 445. The van der Waals surface area contributed by atoms with Crippen molar-refractivity contribution in [1.29, 1.82) is 0 Å². The van der Waals surface area contributed by atoms with Crippen molar-refractivity contribution in [2.75, 3.05) is 6.54 Å². The highest BCUT2D eigenvalue weighted by molar-refractivity contribution is 7.13. The van der Waals surface area contributed by atoms with Gasteiger partial charge in [-0.3, -0.25) is 4.79 Å². The molecule has 1 atom stereocenters. The largest absolute Gasteiger partial charge is 0.409 e. The van der Waals surface area contributed by atoms with Crippen LogP contribution in [0, 0.1) is 12.8 Å². The fourth-order valence-electron chi connectivity index (χ4n) is 1.11. The highest BCUT2D eigenvalue weighted by Crippen LogP contribution is 2.26. The monoisotopic (exact) mass is 275 g/mol. The van der Waals surface area contributed by atoms with E-state index in [1.807, 2.05) is 12.3 Å². The fourth-order valence-corrected chi connectivity index (χ4v) is 2.31. The van der Waals surface area contributed by atoms with Crippen LogP contribution in [0.2, 0.25) is 5.02 Å². The van der Waals surface area contributed by atoms with Crippen molar-refractivity contribution in [3.8, 4) is 0 Å². The van der Waals surface area contributed by atoms with Crippen LogP contribution in [0.25, 0.3) is 0 Å². The zero-order valence-corrected chi connectivity index (χ0v) is 11.1. The van der Waals surface area contributed by atoms with Crippen LogP contribution >= 0.6 is 22.9 Å². The molecule has 0 bridgehead atoms. The molecule has 1 unspecified atom stereocenters. The molecule has 0 spiro atoms. The predicted molar refractivity (Wildman–Crippen MR) is 69.0 cm³/mol. The molecule has 0 fully saturated rings. The smallest absolute Gasteiger partial charge is 0.262 e. The zero-order chi connectivity index (χ0) is 13.0. The van der Waals surface area contributed by atoms with Crippen LogP contribution in [0.5, 0.6) is 0 Å². The Balaban J connectivity index is 2.59. The first-order valence-corrected chi connectivity index (χ1v) is 6.22. The molecule has 7 heteroatoms. The number of aryl methyl sites for hydroxylation is 1. The third-order valence-corrected chi connectivity index (χ3v) is 3.99. The minimum absolute atomic E-state index is 0.0822. The molecule has 0 radical (unpaired) electrons. The lowest BCUT2D eigenvalue weighted by Gasteiger charge is -2.10. The minimum Gasteiger partial charge on any atom is -0.409 e. The van der Waals surface area contributed by atoms with Crippen LogP contribution in [0.4, 0.5) is 0 Å². The Kier molecular flexibility index (Phi) is 4.77. The second kappa shape index (κ2) is 5.88. The van der Waals surface area contributed by atoms with Gasteiger partial charge < -0.3 is 16.3 Å². The van der Waals surface area contributed by atoms with Crippen LogP contribution in [-0.4, -0.2) is 23.5 Å². The molecule has 1 aromatic rings. The van der Waals surface area contributed by atoms with E-state index >= 15 is 0 Å². The number of amidine groups is 1. The minimum atomic E-state index is -0.245. The molecular formula is C10H14ClN3O2S. The van der Waals surface area contributed by atoms with Gasteiger partial charge in [0.25, 0.3) is 5.91 Å². The van der Waals surface area contributed by atoms with Crippen LogP contribution in [-0.2, 0) is 0 Å². The molecule has 0 aliphatic heterocycles. The van der Waals surface area contributed by atoms with Gasteiger partial charge in [-0.05, 0) is 17.9 Å². The Hall–Kier alpha value is -1.27. The number of oxime groups is 1. The zero-order valence-electron chi connectivity index (χ0n) is 9.53. The quantitative estimate of drug-likeness (QED) is 0.339. The number of hydrogen-bond acceptors (Lipinski definition) is 4. The average Bonchev–Trinajstić information content (AvgIpc) is 2.65. The summed E-state index contributed by atoms with van der Waals surface area (Å²) in [6.45, 7) is 3.88. The lowest BCUT2D eigenvalue weighted by atomic mass is 10.1. The molecule has 0 aliphatic carbocycles.